The Balaban J connectivity index is 3.53. The van der Waals surface area contributed by atoms with E-state index in [2.05, 4.69) is 0 Å². The number of ether oxygens (including phenoxy) is 2. The van der Waals surface area contributed by atoms with Gasteiger partial charge in [0, 0.05) is 5.75 Å². The van der Waals surface area contributed by atoms with Crippen LogP contribution in [-0.2, 0) is 29.1 Å². The van der Waals surface area contributed by atoms with E-state index < -0.39 is 19.7 Å². The van der Waals surface area contributed by atoms with Crippen LogP contribution in [0.25, 0.3) is 0 Å². The van der Waals surface area contributed by atoms with E-state index in [1.807, 2.05) is 13.8 Å². The minimum absolute atomic E-state index is 0.0201. The Bertz CT molecular complexity index is 441. The summed E-state index contributed by atoms with van der Waals surface area (Å²) in [4.78, 5) is 0. The minimum atomic E-state index is -3.01. The van der Waals surface area contributed by atoms with Crippen molar-refractivity contribution < 1.29 is 26.3 Å². The lowest BCUT2D eigenvalue weighted by atomic mass is 10.4. The number of hydrogen-bond acceptors (Lipinski definition) is 6. The number of rotatable bonds is 14. The highest BCUT2D eigenvalue weighted by atomic mass is 32.2. The average molecular weight is 344 g/mol. The van der Waals surface area contributed by atoms with Gasteiger partial charge in [-0.15, -0.1) is 0 Å². The van der Waals surface area contributed by atoms with E-state index in [0.717, 1.165) is 6.42 Å². The van der Waals surface area contributed by atoms with E-state index >= 15 is 0 Å². The summed E-state index contributed by atoms with van der Waals surface area (Å²) in [5.41, 5.74) is 0. The molecule has 6 nitrogen and oxygen atoms in total. The van der Waals surface area contributed by atoms with Gasteiger partial charge in [-0.05, 0) is 12.8 Å². The van der Waals surface area contributed by atoms with E-state index in [9.17, 15) is 16.8 Å². The first-order chi connectivity index (χ1) is 9.83. The van der Waals surface area contributed by atoms with Gasteiger partial charge in [0.25, 0.3) is 0 Å². The highest BCUT2D eigenvalue weighted by Crippen LogP contribution is 1.97. The SMILES string of the molecule is CCCCS(=O)(=O)CCOCCOCCS(=O)(=O)CCC. The molecule has 0 saturated carbocycles. The van der Waals surface area contributed by atoms with Gasteiger partial charge in [-0.2, -0.15) is 0 Å². The molecular weight excluding hydrogens is 316 g/mol. The molecule has 128 valence electrons. The van der Waals surface area contributed by atoms with Gasteiger partial charge in [0.1, 0.15) is 0 Å². The molecule has 0 saturated heterocycles. The van der Waals surface area contributed by atoms with Gasteiger partial charge in [0.15, 0.2) is 19.7 Å². The van der Waals surface area contributed by atoms with Crippen LogP contribution in [0.1, 0.15) is 33.1 Å². The lowest BCUT2D eigenvalue weighted by Gasteiger charge is -2.07. The third-order valence-corrected chi connectivity index (χ3v) is 6.29. The highest BCUT2D eigenvalue weighted by Gasteiger charge is 2.10. The fourth-order valence-corrected chi connectivity index (χ4v) is 4.08. The Morgan fingerprint density at radius 1 is 0.619 bits per heavy atom. The van der Waals surface area contributed by atoms with Crippen molar-refractivity contribution in [3.05, 3.63) is 0 Å². The van der Waals surface area contributed by atoms with E-state index in [1.165, 1.54) is 0 Å². The van der Waals surface area contributed by atoms with Crippen molar-refractivity contribution in [3.63, 3.8) is 0 Å². The first kappa shape index (κ1) is 20.8. The van der Waals surface area contributed by atoms with E-state index in [0.29, 0.717) is 12.8 Å². The van der Waals surface area contributed by atoms with Gasteiger partial charge in [0.2, 0.25) is 0 Å². The standard InChI is InChI=1S/C13H28O6S2/c1-3-5-11-21(16,17)13-9-19-7-6-18-8-12-20(14,15)10-4-2/h3-13H2,1-2H3. The zero-order valence-corrected chi connectivity index (χ0v) is 14.7. The highest BCUT2D eigenvalue weighted by molar-refractivity contribution is 7.91. The predicted octanol–water partition coefficient (Wildman–Crippen LogP) is 1.06. The van der Waals surface area contributed by atoms with Crippen LogP contribution in [0.2, 0.25) is 0 Å². The molecule has 0 unspecified atom stereocenters. The normalized spacial score (nSPS) is 12.7. The third-order valence-electron chi connectivity index (χ3n) is 2.77. The van der Waals surface area contributed by atoms with Crippen LogP contribution in [0.15, 0.2) is 0 Å². The molecule has 0 amide bonds. The molecule has 0 radical (unpaired) electrons. The molecule has 0 bridgehead atoms. The second-order valence-corrected chi connectivity index (χ2v) is 9.49. The van der Waals surface area contributed by atoms with Crippen molar-refractivity contribution in [2.75, 3.05) is 49.4 Å². The fourth-order valence-electron chi connectivity index (χ4n) is 1.57. The molecule has 0 rings (SSSR count). The average Bonchev–Trinajstić information content (AvgIpc) is 2.39. The maximum absolute atomic E-state index is 11.5. The summed E-state index contributed by atoms with van der Waals surface area (Å²) in [7, 11) is -6.01. The molecule has 0 aromatic heterocycles. The van der Waals surface area contributed by atoms with Crippen LogP contribution < -0.4 is 0 Å². The molecule has 0 atom stereocenters. The van der Waals surface area contributed by atoms with Crippen LogP contribution in [0.3, 0.4) is 0 Å². The first-order valence-electron chi connectivity index (χ1n) is 7.39. The maximum Gasteiger partial charge on any atom is 0.152 e. The van der Waals surface area contributed by atoms with Gasteiger partial charge in [-0.3, -0.25) is 0 Å². The molecular formula is C13H28O6S2. The third kappa shape index (κ3) is 13.2. The maximum atomic E-state index is 11.5. The molecule has 0 aliphatic carbocycles. The summed E-state index contributed by atoms with van der Waals surface area (Å²) >= 11 is 0. The zero-order valence-electron chi connectivity index (χ0n) is 13.0. The molecule has 0 aliphatic heterocycles. The predicted molar refractivity (Wildman–Crippen MR) is 84.1 cm³/mol. The van der Waals surface area contributed by atoms with Crippen LogP contribution in [0.5, 0.6) is 0 Å². The largest absolute Gasteiger partial charge is 0.378 e. The Labute approximate surface area is 129 Å². The van der Waals surface area contributed by atoms with Gasteiger partial charge in [-0.1, -0.05) is 20.3 Å². The van der Waals surface area contributed by atoms with Crippen molar-refractivity contribution in [2.24, 2.45) is 0 Å². The van der Waals surface area contributed by atoms with E-state index in [4.69, 9.17) is 9.47 Å². The van der Waals surface area contributed by atoms with Crippen LogP contribution in [-0.4, -0.2) is 66.3 Å². The molecule has 0 N–H and O–H groups in total. The molecule has 0 aromatic carbocycles. The summed E-state index contributed by atoms with van der Waals surface area (Å²) < 4.78 is 56.1. The summed E-state index contributed by atoms with van der Waals surface area (Å²) in [6.07, 6.45) is 2.14. The fraction of sp³-hybridized carbons (Fsp3) is 1.00. The topological polar surface area (TPSA) is 86.7 Å². The molecule has 0 aromatic rings. The molecule has 0 spiro atoms. The van der Waals surface area contributed by atoms with Crippen molar-refractivity contribution in [1.29, 1.82) is 0 Å². The zero-order chi connectivity index (χ0) is 16.2. The molecule has 8 heteroatoms. The summed E-state index contributed by atoms with van der Waals surface area (Å²) in [5, 5.41) is 0. The van der Waals surface area contributed by atoms with Gasteiger partial charge in [0.05, 0.1) is 43.7 Å². The summed E-state index contributed by atoms with van der Waals surface area (Å²) in [6.45, 7) is 4.63. The Kier molecular flexibility index (Phi) is 11.3. The first-order valence-corrected chi connectivity index (χ1v) is 11.0. The number of sulfone groups is 2. The summed E-state index contributed by atoms with van der Waals surface area (Å²) in [6, 6.07) is 0. The van der Waals surface area contributed by atoms with Crippen LogP contribution in [0, 0.1) is 0 Å². The molecule has 0 heterocycles. The Morgan fingerprint density at radius 3 is 1.52 bits per heavy atom. The van der Waals surface area contributed by atoms with Crippen molar-refractivity contribution in [1.82, 2.24) is 0 Å². The number of hydrogen-bond donors (Lipinski definition) is 0. The molecule has 0 fully saturated rings. The monoisotopic (exact) mass is 344 g/mol. The molecule has 0 aliphatic rings. The lowest BCUT2D eigenvalue weighted by molar-refractivity contribution is 0.0597. The summed E-state index contributed by atoms with van der Waals surface area (Å²) in [5.74, 6) is 0.436. The Hall–Kier alpha value is -0.180. The second kappa shape index (κ2) is 11.4. The smallest absolute Gasteiger partial charge is 0.152 e. The minimum Gasteiger partial charge on any atom is -0.378 e. The van der Waals surface area contributed by atoms with Crippen molar-refractivity contribution in [2.45, 2.75) is 33.1 Å². The Morgan fingerprint density at radius 2 is 1.10 bits per heavy atom. The van der Waals surface area contributed by atoms with Gasteiger partial charge < -0.3 is 9.47 Å². The van der Waals surface area contributed by atoms with E-state index in [-0.39, 0.29) is 49.4 Å². The second-order valence-electron chi connectivity index (χ2n) is 4.88. The van der Waals surface area contributed by atoms with Crippen LogP contribution in [0.4, 0.5) is 0 Å². The number of unbranched alkanes of at least 4 members (excludes halogenated alkanes) is 1. The quantitative estimate of drug-likeness (QED) is 0.438. The van der Waals surface area contributed by atoms with Gasteiger partial charge in [-0.25, -0.2) is 16.8 Å². The molecule has 21 heavy (non-hydrogen) atoms. The van der Waals surface area contributed by atoms with Crippen molar-refractivity contribution in [3.8, 4) is 0 Å². The van der Waals surface area contributed by atoms with Gasteiger partial charge >= 0.3 is 0 Å². The van der Waals surface area contributed by atoms with E-state index in [1.54, 1.807) is 0 Å². The van der Waals surface area contributed by atoms with Crippen molar-refractivity contribution >= 4 is 19.7 Å². The lowest BCUT2D eigenvalue weighted by Crippen LogP contribution is -2.19. The van der Waals surface area contributed by atoms with Crippen LogP contribution >= 0.6 is 0 Å².